The third-order valence-corrected chi connectivity index (χ3v) is 5.71. The van der Waals surface area contributed by atoms with Crippen LogP contribution in [-0.4, -0.2) is 12.4 Å². The van der Waals surface area contributed by atoms with Gasteiger partial charge in [-0.05, 0) is 41.7 Å². The fourth-order valence-electron chi connectivity index (χ4n) is 4.28. The highest BCUT2D eigenvalue weighted by atomic mass is 16.5. The first-order chi connectivity index (χ1) is 14.0. The van der Waals surface area contributed by atoms with Crippen molar-refractivity contribution >= 4 is 17.2 Å². The molecule has 0 bridgehead atoms. The fourth-order valence-corrected chi connectivity index (χ4v) is 4.28. The molecule has 152 valence electrons. The molecule has 1 aliphatic heterocycles. The Hall–Kier alpha value is -2.75. The van der Waals surface area contributed by atoms with E-state index in [1.54, 1.807) is 0 Å². The Balaban J connectivity index is 1.70. The molecule has 2 N–H and O–H groups in total. The van der Waals surface area contributed by atoms with Gasteiger partial charge in [-0.25, -0.2) is 0 Å². The van der Waals surface area contributed by atoms with Crippen LogP contribution in [-0.2, 0) is 4.79 Å². The van der Waals surface area contributed by atoms with E-state index in [2.05, 4.69) is 61.7 Å². The molecule has 0 amide bonds. The number of para-hydroxylation sites is 2. The van der Waals surface area contributed by atoms with Crippen LogP contribution in [0.5, 0.6) is 5.75 Å². The van der Waals surface area contributed by atoms with Crippen molar-refractivity contribution in [1.29, 1.82) is 0 Å². The summed E-state index contributed by atoms with van der Waals surface area (Å²) in [7, 11) is 0. The summed E-state index contributed by atoms with van der Waals surface area (Å²) >= 11 is 0. The number of carbonyl (C=O) groups excluding carboxylic acids is 1. The summed E-state index contributed by atoms with van der Waals surface area (Å²) < 4.78 is 5.81. The van der Waals surface area contributed by atoms with Gasteiger partial charge in [-0.15, -0.1) is 0 Å². The predicted octanol–water partition coefficient (Wildman–Crippen LogP) is 5.94. The number of ether oxygens (including phenoxy) is 1. The molecular formula is C25H30N2O2. The molecule has 4 rings (SSSR count). The molecule has 2 atom stereocenters. The van der Waals surface area contributed by atoms with E-state index in [1.165, 1.54) is 0 Å². The number of carbonyl (C=O) groups is 1. The van der Waals surface area contributed by atoms with Crippen molar-refractivity contribution in [2.45, 2.75) is 46.1 Å². The second kappa shape index (κ2) is 7.94. The van der Waals surface area contributed by atoms with E-state index in [-0.39, 0.29) is 23.2 Å². The van der Waals surface area contributed by atoms with Gasteiger partial charge in [0.15, 0.2) is 0 Å². The van der Waals surface area contributed by atoms with Crippen LogP contribution in [0.25, 0.3) is 0 Å². The maximum atomic E-state index is 13.2. The molecule has 0 aromatic heterocycles. The van der Waals surface area contributed by atoms with Gasteiger partial charge < -0.3 is 15.4 Å². The SMILES string of the molecule is CCCCOc1ccc([C@H]2Nc3ccccc3NC3=CC(C)(C)CC(=O)[C@@H]32)cc1. The summed E-state index contributed by atoms with van der Waals surface area (Å²) in [6.07, 6.45) is 4.95. The summed E-state index contributed by atoms with van der Waals surface area (Å²) in [5.41, 5.74) is 3.97. The number of nitrogens with one attached hydrogen (secondary N) is 2. The average Bonchev–Trinajstić information content (AvgIpc) is 2.84. The Morgan fingerprint density at radius 3 is 2.52 bits per heavy atom. The standard InChI is InChI=1S/C25H30N2O2/c1-4-5-14-29-18-12-10-17(11-13-18)24-23-21(15-25(2,3)16-22(23)28)26-19-8-6-7-9-20(19)27-24/h6-13,15,23-24,26-27H,4-5,14,16H2,1-3H3/t23-,24-/m1/s1. The minimum Gasteiger partial charge on any atom is -0.494 e. The molecule has 29 heavy (non-hydrogen) atoms. The zero-order valence-electron chi connectivity index (χ0n) is 17.5. The topological polar surface area (TPSA) is 50.4 Å². The quantitative estimate of drug-likeness (QED) is 0.620. The first kappa shape index (κ1) is 19.6. The van der Waals surface area contributed by atoms with Gasteiger partial charge in [-0.2, -0.15) is 0 Å². The normalized spacial score (nSPS) is 22.3. The molecule has 0 unspecified atom stereocenters. The zero-order valence-corrected chi connectivity index (χ0v) is 17.5. The van der Waals surface area contributed by atoms with E-state index < -0.39 is 0 Å². The van der Waals surface area contributed by atoms with Crippen LogP contribution < -0.4 is 15.4 Å². The number of hydrogen-bond acceptors (Lipinski definition) is 4. The maximum absolute atomic E-state index is 13.2. The minimum atomic E-state index is -0.234. The molecule has 4 nitrogen and oxygen atoms in total. The van der Waals surface area contributed by atoms with Gasteiger partial charge in [-0.3, -0.25) is 4.79 Å². The van der Waals surface area contributed by atoms with Crippen molar-refractivity contribution in [3.63, 3.8) is 0 Å². The van der Waals surface area contributed by atoms with Crippen LogP contribution >= 0.6 is 0 Å². The molecule has 4 heteroatoms. The van der Waals surface area contributed by atoms with Crippen molar-refractivity contribution in [3.8, 4) is 5.75 Å². The number of benzene rings is 2. The van der Waals surface area contributed by atoms with Gasteiger partial charge in [0, 0.05) is 12.1 Å². The lowest BCUT2D eigenvalue weighted by atomic mass is 9.72. The first-order valence-electron chi connectivity index (χ1n) is 10.6. The molecule has 0 radical (unpaired) electrons. The predicted molar refractivity (Wildman–Crippen MR) is 118 cm³/mol. The number of anilines is 2. The molecule has 2 aromatic carbocycles. The summed E-state index contributed by atoms with van der Waals surface area (Å²) in [5, 5.41) is 7.19. The van der Waals surface area contributed by atoms with Crippen molar-refractivity contribution in [2.75, 3.05) is 17.2 Å². The number of rotatable bonds is 5. The van der Waals surface area contributed by atoms with Crippen LogP contribution in [0.1, 0.15) is 51.6 Å². The number of unbranched alkanes of at least 4 members (excludes halogenated alkanes) is 1. The summed E-state index contributed by atoms with van der Waals surface area (Å²) in [5.74, 6) is 0.914. The number of fused-ring (bicyclic) bond motifs is 2. The van der Waals surface area contributed by atoms with Crippen LogP contribution in [0.15, 0.2) is 60.3 Å². The van der Waals surface area contributed by atoms with Crippen molar-refractivity contribution < 1.29 is 9.53 Å². The molecule has 0 saturated heterocycles. The Bertz CT molecular complexity index is 915. The van der Waals surface area contributed by atoms with E-state index in [1.807, 2.05) is 24.3 Å². The zero-order chi connectivity index (χ0) is 20.4. The van der Waals surface area contributed by atoms with Gasteiger partial charge in [0.25, 0.3) is 0 Å². The van der Waals surface area contributed by atoms with Crippen LogP contribution in [0.4, 0.5) is 11.4 Å². The molecule has 0 fully saturated rings. The lowest BCUT2D eigenvalue weighted by Gasteiger charge is -2.35. The average molecular weight is 391 g/mol. The molecule has 2 aliphatic rings. The molecule has 2 aromatic rings. The van der Waals surface area contributed by atoms with E-state index >= 15 is 0 Å². The smallest absolute Gasteiger partial charge is 0.145 e. The number of Topliss-reactive ketones (excluding diaryl/α,β-unsaturated/α-hetero) is 1. The van der Waals surface area contributed by atoms with Crippen molar-refractivity contribution in [3.05, 3.63) is 65.9 Å². The summed E-state index contributed by atoms with van der Waals surface area (Å²) in [6.45, 7) is 7.14. The van der Waals surface area contributed by atoms with Gasteiger partial charge in [0.05, 0.1) is 29.9 Å². The van der Waals surface area contributed by atoms with Gasteiger partial charge in [0.2, 0.25) is 0 Å². The highest BCUT2D eigenvalue weighted by Crippen LogP contribution is 2.45. The third kappa shape index (κ3) is 4.16. The summed E-state index contributed by atoms with van der Waals surface area (Å²) in [4.78, 5) is 13.2. The van der Waals surface area contributed by atoms with Crippen LogP contribution in [0.3, 0.4) is 0 Å². The number of ketones is 1. The van der Waals surface area contributed by atoms with E-state index in [0.29, 0.717) is 6.42 Å². The molecule has 0 saturated carbocycles. The van der Waals surface area contributed by atoms with Gasteiger partial charge in [0.1, 0.15) is 11.5 Å². The number of allylic oxidation sites excluding steroid dienone is 1. The Labute approximate surface area is 173 Å². The first-order valence-corrected chi connectivity index (χ1v) is 10.6. The fraction of sp³-hybridized carbons (Fsp3) is 0.400. The monoisotopic (exact) mass is 390 g/mol. The van der Waals surface area contributed by atoms with E-state index in [4.69, 9.17) is 4.74 Å². The highest BCUT2D eigenvalue weighted by molar-refractivity contribution is 5.90. The van der Waals surface area contributed by atoms with Gasteiger partial charge >= 0.3 is 0 Å². The maximum Gasteiger partial charge on any atom is 0.145 e. The van der Waals surface area contributed by atoms with Crippen molar-refractivity contribution in [2.24, 2.45) is 11.3 Å². The van der Waals surface area contributed by atoms with Crippen molar-refractivity contribution in [1.82, 2.24) is 0 Å². The molecule has 1 aliphatic carbocycles. The Kier molecular flexibility index (Phi) is 5.35. The molecular weight excluding hydrogens is 360 g/mol. The lowest BCUT2D eigenvalue weighted by molar-refractivity contribution is -0.124. The molecule has 1 heterocycles. The number of hydrogen-bond donors (Lipinski definition) is 2. The van der Waals surface area contributed by atoms with Gasteiger partial charge in [-0.1, -0.05) is 57.5 Å². The van der Waals surface area contributed by atoms with Crippen LogP contribution in [0, 0.1) is 11.3 Å². The largest absolute Gasteiger partial charge is 0.494 e. The van der Waals surface area contributed by atoms with E-state index in [0.717, 1.165) is 47.8 Å². The Morgan fingerprint density at radius 1 is 1.07 bits per heavy atom. The van der Waals surface area contributed by atoms with Crippen LogP contribution in [0.2, 0.25) is 0 Å². The highest BCUT2D eigenvalue weighted by Gasteiger charge is 2.41. The molecule has 0 spiro atoms. The third-order valence-electron chi connectivity index (χ3n) is 5.71. The Morgan fingerprint density at radius 2 is 1.79 bits per heavy atom. The second-order valence-electron chi connectivity index (χ2n) is 8.77. The van der Waals surface area contributed by atoms with E-state index in [9.17, 15) is 4.79 Å². The summed E-state index contributed by atoms with van der Waals surface area (Å²) in [6, 6.07) is 16.2. The lowest BCUT2D eigenvalue weighted by Crippen LogP contribution is -2.36. The second-order valence-corrected chi connectivity index (χ2v) is 8.77. The minimum absolute atomic E-state index is 0.120.